The molecule has 119 valence electrons. The lowest BCUT2D eigenvalue weighted by Crippen LogP contribution is -2.34. The number of anilines is 1. The van der Waals surface area contributed by atoms with E-state index >= 15 is 0 Å². The average molecular weight is 328 g/mol. The van der Waals surface area contributed by atoms with Crippen LogP contribution >= 0.6 is 7.80 Å². The minimum Gasteiger partial charge on any atom is -0.371 e. The van der Waals surface area contributed by atoms with Crippen LogP contribution in [0.2, 0.25) is 0 Å². The molecule has 1 radical (unpaired) electrons. The summed E-state index contributed by atoms with van der Waals surface area (Å²) < 4.78 is 23.8. The third-order valence-corrected chi connectivity index (χ3v) is 5.67. The van der Waals surface area contributed by atoms with Crippen molar-refractivity contribution in [1.82, 2.24) is 0 Å². The number of ether oxygens (including phenoxy) is 2. The summed E-state index contributed by atoms with van der Waals surface area (Å²) in [5.41, 5.74) is 1.03. The Balaban J connectivity index is 1.65. The normalized spacial score (nSPS) is 22.5. The maximum Gasteiger partial charge on any atom is 0.138 e. The molecule has 0 spiro atoms. The predicted molar refractivity (Wildman–Crippen MR) is 91.5 cm³/mol. The molecule has 0 amide bonds. The zero-order valence-electron chi connectivity index (χ0n) is 12.8. The van der Waals surface area contributed by atoms with Gasteiger partial charge in [0.25, 0.3) is 0 Å². The molecule has 4 nitrogen and oxygen atoms in total. The molecule has 2 saturated heterocycles. The minimum absolute atomic E-state index is 0.288. The lowest BCUT2D eigenvalue weighted by Gasteiger charge is -2.25. The first-order valence-electron chi connectivity index (χ1n) is 7.91. The number of benzene rings is 2. The molecule has 0 aromatic heterocycles. The van der Waals surface area contributed by atoms with Gasteiger partial charge in [0.15, 0.2) is 0 Å². The summed E-state index contributed by atoms with van der Waals surface area (Å²) >= 11 is 0. The van der Waals surface area contributed by atoms with Crippen LogP contribution in [0.25, 0.3) is 0 Å². The maximum atomic E-state index is 13.0. The van der Waals surface area contributed by atoms with Crippen LogP contribution < -0.4 is 15.5 Å². The highest BCUT2D eigenvalue weighted by molar-refractivity contribution is 7.61. The fraction of sp³-hybridized carbons (Fsp3) is 0.333. The first-order valence-corrected chi connectivity index (χ1v) is 9.17. The van der Waals surface area contributed by atoms with Crippen molar-refractivity contribution in [3.05, 3.63) is 54.6 Å². The predicted octanol–water partition coefficient (Wildman–Crippen LogP) is 2.07. The van der Waals surface area contributed by atoms with Crippen LogP contribution in [0, 0.1) is 0 Å². The highest BCUT2D eigenvalue weighted by Crippen LogP contribution is 2.29. The van der Waals surface area contributed by atoms with Crippen molar-refractivity contribution >= 4 is 24.1 Å². The third kappa shape index (κ3) is 3.61. The van der Waals surface area contributed by atoms with Gasteiger partial charge in [0, 0.05) is 18.4 Å². The van der Waals surface area contributed by atoms with Gasteiger partial charge in [-0.1, -0.05) is 30.3 Å². The van der Waals surface area contributed by atoms with Crippen molar-refractivity contribution in [2.24, 2.45) is 0 Å². The van der Waals surface area contributed by atoms with Crippen LogP contribution in [-0.2, 0) is 14.0 Å². The molecular formula is C18H19NO3P. The van der Waals surface area contributed by atoms with Crippen LogP contribution in [0.5, 0.6) is 0 Å². The van der Waals surface area contributed by atoms with E-state index in [-0.39, 0.29) is 12.2 Å². The van der Waals surface area contributed by atoms with Gasteiger partial charge in [0.05, 0.1) is 36.4 Å². The van der Waals surface area contributed by atoms with Gasteiger partial charge in [-0.15, -0.1) is 0 Å². The van der Waals surface area contributed by atoms with Crippen LogP contribution in [0.4, 0.5) is 5.69 Å². The monoisotopic (exact) mass is 328 g/mol. The molecule has 4 rings (SSSR count). The summed E-state index contributed by atoms with van der Waals surface area (Å²) in [5.74, 6) is 0. The first-order chi connectivity index (χ1) is 11.3. The topological polar surface area (TPSA) is 45.4 Å². The molecule has 2 aliphatic rings. The summed E-state index contributed by atoms with van der Waals surface area (Å²) in [6, 6.07) is 17.6. The smallest absolute Gasteiger partial charge is 0.138 e. The van der Waals surface area contributed by atoms with E-state index in [1.807, 2.05) is 48.5 Å². The molecule has 2 fully saturated rings. The van der Waals surface area contributed by atoms with Crippen LogP contribution in [0.15, 0.2) is 54.6 Å². The van der Waals surface area contributed by atoms with E-state index in [4.69, 9.17) is 9.47 Å². The zero-order chi connectivity index (χ0) is 15.6. The van der Waals surface area contributed by atoms with E-state index in [9.17, 15) is 4.57 Å². The van der Waals surface area contributed by atoms with Gasteiger partial charge in [-0.25, -0.2) is 0 Å². The van der Waals surface area contributed by atoms with Gasteiger partial charge in [0.1, 0.15) is 7.80 Å². The van der Waals surface area contributed by atoms with Crippen LogP contribution in [0.3, 0.4) is 0 Å². The Morgan fingerprint density at radius 2 is 1.48 bits per heavy atom. The van der Waals surface area contributed by atoms with Crippen LogP contribution in [0.1, 0.15) is 0 Å². The number of rotatable bonds is 7. The number of hydrogen-bond acceptors (Lipinski definition) is 4. The average Bonchev–Trinajstić information content (AvgIpc) is 3.51. The number of hydrogen-bond donors (Lipinski definition) is 0. The van der Waals surface area contributed by atoms with Crippen LogP contribution in [-0.4, -0.2) is 38.5 Å². The maximum absolute atomic E-state index is 13.0. The molecule has 23 heavy (non-hydrogen) atoms. The summed E-state index contributed by atoms with van der Waals surface area (Å²) in [5, 5.41) is 1.75. The quantitative estimate of drug-likeness (QED) is 0.577. The van der Waals surface area contributed by atoms with Crippen molar-refractivity contribution < 1.29 is 14.0 Å². The van der Waals surface area contributed by atoms with E-state index in [1.165, 1.54) is 0 Å². The molecule has 2 heterocycles. The second kappa shape index (κ2) is 6.40. The standard InChI is InChI=1S/C18H19NO3P/c20-23(16-6-2-1-3-7-16)18-9-5-4-8-17(18)19(10-14-12-21-14)11-15-13-22-15/h1-9,14-15H,10-13H2. The largest absolute Gasteiger partial charge is 0.371 e. The molecule has 2 aliphatic heterocycles. The third-order valence-electron chi connectivity index (χ3n) is 4.08. The molecule has 2 aromatic rings. The van der Waals surface area contributed by atoms with Gasteiger partial charge in [-0.2, -0.15) is 0 Å². The Bertz CT molecular complexity index is 684. The van der Waals surface area contributed by atoms with E-state index in [0.29, 0.717) is 0 Å². The highest BCUT2D eigenvalue weighted by Gasteiger charge is 2.32. The molecule has 3 atom stereocenters. The molecule has 0 saturated carbocycles. The van der Waals surface area contributed by atoms with Crippen molar-refractivity contribution in [2.45, 2.75) is 12.2 Å². The van der Waals surface area contributed by atoms with Gasteiger partial charge in [-0.05, 0) is 24.3 Å². The zero-order valence-corrected chi connectivity index (χ0v) is 13.7. The first kappa shape index (κ1) is 14.8. The second-order valence-corrected chi connectivity index (χ2v) is 7.52. The van der Waals surface area contributed by atoms with E-state index < -0.39 is 7.80 Å². The summed E-state index contributed by atoms with van der Waals surface area (Å²) in [7, 11) is -1.61. The van der Waals surface area contributed by atoms with E-state index in [1.54, 1.807) is 0 Å². The number of para-hydroxylation sites is 1. The molecule has 5 heteroatoms. The summed E-state index contributed by atoms with van der Waals surface area (Å²) in [6.45, 7) is 3.29. The Morgan fingerprint density at radius 3 is 2.09 bits per heavy atom. The number of epoxide rings is 2. The van der Waals surface area contributed by atoms with Crippen molar-refractivity contribution in [2.75, 3.05) is 31.2 Å². The Morgan fingerprint density at radius 1 is 0.913 bits per heavy atom. The molecule has 0 aliphatic carbocycles. The fourth-order valence-electron chi connectivity index (χ4n) is 2.72. The van der Waals surface area contributed by atoms with Crippen molar-refractivity contribution in [3.8, 4) is 0 Å². The summed E-state index contributed by atoms with van der Waals surface area (Å²) in [6.07, 6.45) is 0.577. The van der Waals surface area contributed by atoms with Crippen molar-refractivity contribution in [1.29, 1.82) is 0 Å². The highest BCUT2D eigenvalue weighted by atomic mass is 31.1. The molecule has 0 bridgehead atoms. The summed E-state index contributed by atoms with van der Waals surface area (Å²) in [4.78, 5) is 2.26. The van der Waals surface area contributed by atoms with E-state index in [0.717, 1.165) is 42.6 Å². The SMILES string of the molecule is O=[P](c1ccccc1)c1ccccc1N(CC1CO1)CC1CO1. The Hall–Kier alpha value is -1.74. The van der Waals surface area contributed by atoms with E-state index in [2.05, 4.69) is 11.0 Å². The molecule has 3 unspecified atom stereocenters. The molecule has 2 aromatic carbocycles. The Kier molecular flexibility index (Phi) is 4.13. The second-order valence-electron chi connectivity index (χ2n) is 5.93. The minimum atomic E-state index is -1.61. The Labute approximate surface area is 136 Å². The number of nitrogens with zero attached hydrogens (tertiary/aromatic N) is 1. The lowest BCUT2D eigenvalue weighted by atomic mass is 10.2. The van der Waals surface area contributed by atoms with Gasteiger partial charge in [0.2, 0.25) is 0 Å². The van der Waals surface area contributed by atoms with Crippen molar-refractivity contribution in [3.63, 3.8) is 0 Å². The van der Waals surface area contributed by atoms with Gasteiger partial charge >= 0.3 is 0 Å². The van der Waals surface area contributed by atoms with Gasteiger partial charge < -0.3 is 14.4 Å². The van der Waals surface area contributed by atoms with Gasteiger partial charge in [-0.3, -0.25) is 4.57 Å². The lowest BCUT2D eigenvalue weighted by molar-refractivity contribution is 0.389. The molecular weight excluding hydrogens is 309 g/mol. The fourth-order valence-corrected chi connectivity index (χ4v) is 4.08. The molecule has 0 N–H and O–H groups in total.